The zero-order chi connectivity index (χ0) is 22.6. The molecule has 2 atom stereocenters. The third-order valence-corrected chi connectivity index (χ3v) is 4.99. The number of amides is 3. The predicted molar refractivity (Wildman–Crippen MR) is 112 cm³/mol. The molecule has 0 saturated carbocycles. The molecule has 0 aliphatic carbocycles. The molecule has 0 radical (unpaired) electrons. The molecule has 10 nitrogen and oxygen atoms in total. The molecule has 1 aliphatic heterocycles. The third kappa shape index (κ3) is 7.89. The Balaban J connectivity index is 1.95. The number of benzene rings is 1. The maximum Gasteiger partial charge on any atom is 0.410 e. The summed E-state index contributed by atoms with van der Waals surface area (Å²) in [5, 5.41) is 13.7. The number of nitrogens with two attached hydrogens (primary N) is 1. The normalized spacial score (nSPS) is 16.4. The highest BCUT2D eigenvalue weighted by atomic mass is 16.6. The lowest BCUT2D eigenvalue weighted by Gasteiger charge is -2.26. The summed E-state index contributed by atoms with van der Waals surface area (Å²) >= 11 is 0. The van der Waals surface area contributed by atoms with E-state index in [2.05, 4.69) is 10.6 Å². The van der Waals surface area contributed by atoms with Crippen LogP contribution in [0.2, 0.25) is 0 Å². The quantitative estimate of drug-likeness (QED) is 0.372. The van der Waals surface area contributed by atoms with E-state index in [1.54, 1.807) is 0 Å². The van der Waals surface area contributed by atoms with Crippen LogP contribution in [0.15, 0.2) is 30.3 Å². The first kappa shape index (κ1) is 24.1. The molecule has 10 heteroatoms. The van der Waals surface area contributed by atoms with Gasteiger partial charge in [0, 0.05) is 6.54 Å². The molecule has 0 bridgehead atoms. The van der Waals surface area contributed by atoms with Gasteiger partial charge in [-0.25, -0.2) is 4.79 Å². The lowest BCUT2D eigenvalue weighted by atomic mass is 10.1. The second kappa shape index (κ2) is 12.5. The van der Waals surface area contributed by atoms with Crippen LogP contribution in [-0.2, 0) is 25.7 Å². The Labute approximate surface area is 181 Å². The number of aliphatic carboxylic acids is 1. The summed E-state index contributed by atoms with van der Waals surface area (Å²) in [7, 11) is 0. The van der Waals surface area contributed by atoms with Crippen LogP contribution in [0.25, 0.3) is 0 Å². The van der Waals surface area contributed by atoms with Crippen molar-refractivity contribution in [3.8, 4) is 0 Å². The van der Waals surface area contributed by atoms with Crippen molar-refractivity contribution < 1.29 is 29.0 Å². The van der Waals surface area contributed by atoms with Gasteiger partial charge in [0.2, 0.25) is 11.8 Å². The fraction of sp³-hybridized carbons (Fsp3) is 0.524. The molecule has 0 spiro atoms. The lowest BCUT2D eigenvalue weighted by Crippen LogP contribution is -2.53. The molecule has 1 saturated heterocycles. The fourth-order valence-corrected chi connectivity index (χ4v) is 3.38. The molecule has 1 fully saturated rings. The first-order valence-electron chi connectivity index (χ1n) is 10.4. The van der Waals surface area contributed by atoms with E-state index in [1.807, 2.05) is 30.3 Å². The molecule has 0 aromatic heterocycles. The summed E-state index contributed by atoms with van der Waals surface area (Å²) in [6.07, 6.45) is 2.09. The SMILES string of the molecule is NCCCC[C@H](NC(=O)[C@@H]1CCCN1C(=O)OCc1ccccc1)C(=O)NCC(=O)O. The Kier molecular flexibility index (Phi) is 9.76. The zero-order valence-electron chi connectivity index (χ0n) is 17.4. The summed E-state index contributed by atoms with van der Waals surface area (Å²) in [6.45, 7) is 0.392. The Bertz CT molecular complexity index is 757. The van der Waals surface area contributed by atoms with Gasteiger partial charge in [-0.2, -0.15) is 0 Å². The van der Waals surface area contributed by atoms with E-state index in [4.69, 9.17) is 15.6 Å². The first-order valence-corrected chi connectivity index (χ1v) is 10.4. The fourth-order valence-electron chi connectivity index (χ4n) is 3.38. The second-order valence-electron chi connectivity index (χ2n) is 7.35. The summed E-state index contributed by atoms with van der Waals surface area (Å²) in [4.78, 5) is 49.8. The number of nitrogens with one attached hydrogen (secondary N) is 2. The predicted octanol–water partition coefficient (Wildman–Crippen LogP) is 0.602. The highest BCUT2D eigenvalue weighted by Gasteiger charge is 2.36. The van der Waals surface area contributed by atoms with Gasteiger partial charge in [-0.15, -0.1) is 0 Å². The summed E-state index contributed by atoms with van der Waals surface area (Å²) in [5.41, 5.74) is 6.33. The van der Waals surface area contributed by atoms with Gasteiger partial charge in [0.1, 0.15) is 25.2 Å². The molecule has 2 rings (SSSR count). The molecule has 1 heterocycles. The molecule has 5 N–H and O–H groups in total. The van der Waals surface area contributed by atoms with Crippen LogP contribution < -0.4 is 16.4 Å². The summed E-state index contributed by atoms with van der Waals surface area (Å²) in [5.74, 6) is -2.22. The largest absolute Gasteiger partial charge is 0.480 e. The standard InChI is InChI=1S/C21H30N4O6/c22-11-5-4-9-16(19(28)23-13-18(26)27)24-20(29)17-10-6-12-25(17)21(30)31-14-15-7-2-1-3-8-15/h1-3,7-8,16-17H,4-6,9-14,22H2,(H,23,28)(H,24,29)(H,26,27)/t16-,17-/m0/s1. The molecule has 3 amide bonds. The Morgan fingerprint density at radius 3 is 2.61 bits per heavy atom. The van der Waals surface area contributed by atoms with Crippen LogP contribution in [0.1, 0.15) is 37.7 Å². The van der Waals surface area contributed by atoms with Crippen LogP contribution in [0.3, 0.4) is 0 Å². The van der Waals surface area contributed by atoms with E-state index in [0.717, 1.165) is 5.56 Å². The summed E-state index contributed by atoms with van der Waals surface area (Å²) in [6, 6.07) is 7.58. The Morgan fingerprint density at radius 2 is 1.94 bits per heavy atom. The van der Waals surface area contributed by atoms with Gasteiger partial charge < -0.3 is 26.2 Å². The zero-order valence-corrected chi connectivity index (χ0v) is 17.4. The van der Waals surface area contributed by atoms with Crippen LogP contribution in [-0.4, -0.2) is 65.6 Å². The van der Waals surface area contributed by atoms with E-state index >= 15 is 0 Å². The average Bonchev–Trinajstić information content (AvgIpc) is 3.26. The van der Waals surface area contributed by atoms with E-state index < -0.39 is 42.5 Å². The van der Waals surface area contributed by atoms with Crippen LogP contribution >= 0.6 is 0 Å². The van der Waals surface area contributed by atoms with E-state index in [-0.39, 0.29) is 6.61 Å². The van der Waals surface area contributed by atoms with Gasteiger partial charge in [0.05, 0.1) is 0 Å². The van der Waals surface area contributed by atoms with Crippen molar-refractivity contribution in [3.63, 3.8) is 0 Å². The van der Waals surface area contributed by atoms with E-state index in [1.165, 1.54) is 4.90 Å². The van der Waals surface area contributed by atoms with Gasteiger partial charge >= 0.3 is 12.1 Å². The van der Waals surface area contributed by atoms with Crippen LogP contribution in [0.5, 0.6) is 0 Å². The highest BCUT2D eigenvalue weighted by molar-refractivity contribution is 5.92. The molecular weight excluding hydrogens is 404 g/mol. The number of likely N-dealkylation sites (tertiary alicyclic amines) is 1. The Morgan fingerprint density at radius 1 is 1.19 bits per heavy atom. The van der Waals surface area contributed by atoms with Crippen LogP contribution in [0.4, 0.5) is 4.79 Å². The number of carbonyl (C=O) groups is 4. The number of unbranched alkanes of at least 4 members (excludes halogenated alkanes) is 1. The van der Waals surface area contributed by atoms with Crippen molar-refractivity contribution >= 4 is 23.9 Å². The number of hydrogen-bond acceptors (Lipinski definition) is 6. The number of nitrogens with zero attached hydrogens (tertiary/aromatic N) is 1. The van der Waals surface area contributed by atoms with E-state index in [0.29, 0.717) is 45.2 Å². The Hall–Kier alpha value is -3.14. The number of carbonyl (C=O) groups excluding carboxylic acids is 3. The van der Waals surface area contributed by atoms with Gasteiger partial charge in [-0.3, -0.25) is 19.3 Å². The molecule has 1 aromatic carbocycles. The van der Waals surface area contributed by atoms with E-state index in [9.17, 15) is 19.2 Å². The summed E-state index contributed by atoms with van der Waals surface area (Å²) < 4.78 is 5.34. The number of hydrogen-bond donors (Lipinski definition) is 4. The van der Waals surface area contributed by atoms with Crippen LogP contribution in [0, 0.1) is 0 Å². The molecule has 1 aromatic rings. The number of rotatable bonds is 11. The lowest BCUT2D eigenvalue weighted by molar-refractivity contribution is -0.138. The topological polar surface area (TPSA) is 151 Å². The molecular formula is C21H30N4O6. The van der Waals surface area contributed by atoms with Gasteiger partial charge in [0.25, 0.3) is 0 Å². The van der Waals surface area contributed by atoms with Crippen molar-refractivity contribution in [2.24, 2.45) is 5.73 Å². The smallest absolute Gasteiger partial charge is 0.410 e. The van der Waals surface area contributed by atoms with Crippen molar-refractivity contribution in [1.29, 1.82) is 0 Å². The minimum absolute atomic E-state index is 0.101. The van der Waals surface area contributed by atoms with Crippen molar-refractivity contribution in [2.75, 3.05) is 19.6 Å². The van der Waals surface area contributed by atoms with Gasteiger partial charge in [-0.1, -0.05) is 30.3 Å². The van der Waals surface area contributed by atoms with Crippen molar-refractivity contribution in [3.05, 3.63) is 35.9 Å². The van der Waals surface area contributed by atoms with Crippen molar-refractivity contribution in [1.82, 2.24) is 15.5 Å². The first-order chi connectivity index (χ1) is 14.9. The van der Waals surface area contributed by atoms with Gasteiger partial charge in [0.15, 0.2) is 0 Å². The van der Waals surface area contributed by atoms with Crippen molar-refractivity contribution in [2.45, 2.75) is 50.8 Å². The average molecular weight is 434 g/mol. The van der Waals surface area contributed by atoms with Gasteiger partial charge in [-0.05, 0) is 44.2 Å². The third-order valence-electron chi connectivity index (χ3n) is 4.99. The number of carboxylic acids is 1. The second-order valence-corrected chi connectivity index (χ2v) is 7.35. The molecule has 1 aliphatic rings. The highest BCUT2D eigenvalue weighted by Crippen LogP contribution is 2.19. The minimum Gasteiger partial charge on any atom is -0.480 e. The maximum absolute atomic E-state index is 12.8. The number of ether oxygens (including phenoxy) is 1. The number of carboxylic acid groups (broad SMARTS) is 1. The monoisotopic (exact) mass is 434 g/mol. The maximum atomic E-state index is 12.8. The molecule has 31 heavy (non-hydrogen) atoms. The molecule has 0 unspecified atom stereocenters. The minimum atomic E-state index is -1.18. The molecule has 170 valence electrons.